The van der Waals surface area contributed by atoms with Crippen LogP contribution >= 0.6 is 0 Å². The zero-order valence-electron chi connectivity index (χ0n) is 10.6. The van der Waals surface area contributed by atoms with Gasteiger partial charge in [-0.05, 0) is 5.56 Å². The number of nitrogens with one attached hydrogen (secondary N) is 1. The number of aliphatic carboxylic acids is 1. The monoisotopic (exact) mass is 281 g/mol. The van der Waals surface area contributed by atoms with Gasteiger partial charge in [0.05, 0.1) is 6.42 Å². The summed E-state index contributed by atoms with van der Waals surface area (Å²) in [5.74, 6) is -2.05. The molecule has 1 atom stereocenters. The van der Waals surface area contributed by atoms with Crippen LogP contribution in [0.3, 0.4) is 0 Å². The average molecular weight is 281 g/mol. The van der Waals surface area contributed by atoms with Gasteiger partial charge in [0, 0.05) is 0 Å². The van der Waals surface area contributed by atoms with Gasteiger partial charge in [0.15, 0.2) is 5.78 Å². The largest absolute Gasteiger partial charge is 0.481 e. The Morgan fingerprint density at radius 2 is 1.85 bits per heavy atom. The number of Topliss-reactive ketones (excluding diaryl/α,β-unsaturated/α-hetero) is 1. The molecule has 0 aliphatic heterocycles. The van der Waals surface area contributed by atoms with Gasteiger partial charge in [-0.1, -0.05) is 30.3 Å². The number of hydrogen-bond donors (Lipinski definition) is 3. The van der Waals surface area contributed by atoms with Crippen LogP contribution in [0, 0.1) is 0 Å². The number of ether oxygens (including phenoxy) is 1. The first-order valence-electron chi connectivity index (χ1n) is 5.85. The minimum absolute atomic E-state index is 0.000218. The number of hydrogen-bond acceptors (Lipinski definition) is 5. The molecule has 0 unspecified atom stereocenters. The molecule has 0 aliphatic rings. The predicted octanol–water partition coefficient (Wildman–Crippen LogP) is 0.317. The number of ketones is 1. The summed E-state index contributed by atoms with van der Waals surface area (Å²) < 4.78 is 4.86. The van der Waals surface area contributed by atoms with E-state index in [1.807, 2.05) is 6.07 Å². The van der Waals surface area contributed by atoms with Crippen LogP contribution in [0.15, 0.2) is 30.3 Å². The molecule has 0 spiro atoms. The molecule has 0 saturated heterocycles. The van der Waals surface area contributed by atoms with E-state index >= 15 is 0 Å². The zero-order chi connectivity index (χ0) is 15.0. The van der Waals surface area contributed by atoms with Crippen LogP contribution in [0.4, 0.5) is 4.79 Å². The molecule has 7 nitrogen and oxygen atoms in total. The van der Waals surface area contributed by atoms with Crippen LogP contribution in [0.5, 0.6) is 0 Å². The molecule has 1 aromatic rings. The van der Waals surface area contributed by atoms with Crippen LogP contribution in [-0.2, 0) is 20.9 Å². The van der Waals surface area contributed by atoms with Gasteiger partial charge in [-0.2, -0.15) is 0 Å². The third-order valence-electron chi connectivity index (χ3n) is 2.43. The summed E-state index contributed by atoms with van der Waals surface area (Å²) in [7, 11) is 0. The Bertz CT molecular complexity index is 473. The number of carboxylic acids is 1. The van der Waals surface area contributed by atoms with Gasteiger partial charge < -0.3 is 20.3 Å². The van der Waals surface area contributed by atoms with E-state index in [-0.39, 0.29) is 6.61 Å². The van der Waals surface area contributed by atoms with E-state index in [1.54, 1.807) is 24.3 Å². The SMILES string of the molecule is O=C(O)C[C@H](NC(=O)OCc1ccccc1)C(=O)CO. The molecule has 1 rings (SSSR count). The second-order valence-corrected chi connectivity index (χ2v) is 3.98. The van der Waals surface area contributed by atoms with Gasteiger partial charge in [0.1, 0.15) is 19.3 Å². The molecule has 20 heavy (non-hydrogen) atoms. The molecule has 1 amide bonds. The molecule has 3 N–H and O–H groups in total. The first-order chi connectivity index (χ1) is 9.52. The Morgan fingerprint density at radius 1 is 1.20 bits per heavy atom. The van der Waals surface area contributed by atoms with Crippen LogP contribution in [0.25, 0.3) is 0 Å². The number of aliphatic hydroxyl groups is 1. The maximum Gasteiger partial charge on any atom is 0.408 e. The fourth-order valence-corrected chi connectivity index (χ4v) is 1.44. The van der Waals surface area contributed by atoms with Crippen molar-refractivity contribution in [3.05, 3.63) is 35.9 Å². The quantitative estimate of drug-likeness (QED) is 0.663. The summed E-state index contributed by atoms with van der Waals surface area (Å²) in [5, 5.41) is 19.4. The normalized spacial score (nSPS) is 11.4. The van der Waals surface area contributed by atoms with Gasteiger partial charge in [-0.25, -0.2) is 4.79 Å². The van der Waals surface area contributed by atoms with Crippen LogP contribution in [-0.4, -0.2) is 40.7 Å². The van der Waals surface area contributed by atoms with E-state index < -0.39 is 36.9 Å². The Hall–Kier alpha value is -2.41. The molecule has 108 valence electrons. The smallest absolute Gasteiger partial charge is 0.408 e. The van der Waals surface area contributed by atoms with Crippen molar-refractivity contribution in [2.24, 2.45) is 0 Å². The van der Waals surface area contributed by atoms with Gasteiger partial charge >= 0.3 is 12.1 Å². The van der Waals surface area contributed by atoms with Crippen molar-refractivity contribution < 1.29 is 29.3 Å². The number of carboxylic acid groups (broad SMARTS) is 1. The predicted molar refractivity (Wildman–Crippen MR) is 67.9 cm³/mol. The maximum absolute atomic E-state index is 11.5. The fraction of sp³-hybridized carbons (Fsp3) is 0.308. The topological polar surface area (TPSA) is 113 Å². The lowest BCUT2D eigenvalue weighted by molar-refractivity contribution is -0.139. The fourth-order valence-electron chi connectivity index (χ4n) is 1.44. The Morgan fingerprint density at radius 3 is 2.40 bits per heavy atom. The second kappa shape index (κ2) is 7.90. The summed E-state index contributed by atoms with van der Waals surface area (Å²) >= 11 is 0. The van der Waals surface area contributed by atoms with Gasteiger partial charge in [0.25, 0.3) is 0 Å². The van der Waals surface area contributed by atoms with Crippen molar-refractivity contribution in [3.63, 3.8) is 0 Å². The second-order valence-electron chi connectivity index (χ2n) is 3.98. The van der Waals surface area contributed by atoms with Crippen LogP contribution < -0.4 is 5.32 Å². The molecule has 7 heteroatoms. The number of alkyl carbamates (subject to hydrolysis) is 1. The summed E-state index contributed by atoms with van der Waals surface area (Å²) in [4.78, 5) is 33.3. The molecule has 0 saturated carbocycles. The standard InChI is InChI=1S/C13H15NO6/c15-7-11(16)10(6-12(17)18)14-13(19)20-8-9-4-2-1-3-5-9/h1-5,10,15H,6-8H2,(H,14,19)(H,17,18)/t10-/m0/s1. The first-order valence-corrected chi connectivity index (χ1v) is 5.85. The molecule has 0 heterocycles. The molecule has 0 fully saturated rings. The van der Waals surface area contributed by atoms with Crippen molar-refractivity contribution >= 4 is 17.8 Å². The van der Waals surface area contributed by atoms with Crippen LogP contribution in [0.1, 0.15) is 12.0 Å². The lowest BCUT2D eigenvalue weighted by atomic mass is 10.1. The summed E-state index contributed by atoms with van der Waals surface area (Å²) in [6.45, 7) is -0.851. The number of amides is 1. The van der Waals surface area contributed by atoms with Crippen molar-refractivity contribution in [2.45, 2.75) is 19.1 Å². The van der Waals surface area contributed by atoms with E-state index in [9.17, 15) is 14.4 Å². The van der Waals surface area contributed by atoms with Gasteiger partial charge in [-0.3, -0.25) is 9.59 Å². The van der Waals surface area contributed by atoms with Crippen molar-refractivity contribution in [3.8, 4) is 0 Å². The Balaban J connectivity index is 2.49. The van der Waals surface area contributed by atoms with Crippen molar-refractivity contribution in [1.82, 2.24) is 5.32 Å². The third kappa shape index (κ3) is 5.49. The van der Waals surface area contributed by atoms with E-state index in [0.717, 1.165) is 5.56 Å². The number of aliphatic hydroxyl groups excluding tert-OH is 1. The highest BCUT2D eigenvalue weighted by molar-refractivity contribution is 5.91. The molecule has 0 radical (unpaired) electrons. The van der Waals surface area contributed by atoms with Crippen LogP contribution in [0.2, 0.25) is 0 Å². The van der Waals surface area contributed by atoms with Gasteiger partial charge in [0.2, 0.25) is 0 Å². The number of carbonyl (C=O) groups is 3. The first kappa shape index (κ1) is 15.6. The number of rotatable bonds is 7. The maximum atomic E-state index is 11.5. The Labute approximate surface area is 115 Å². The lowest BCUT2D eigenvalue weighted by Crippen LogP contribution is -2.43. The molecular weight excluding hydrogens is 266 g/mol. The zero-order valence-corrected chi connectivity index (χ0v) is 10.6. The Kier molecular flexibility index (Phi) is 6.18. The molecule has 0 bridgehead atoms. The highest BCUT2D eigenvalue weighted by Crippen LogP contribution is 2.02. The van der Waals surface area contributed by atoms with Crippen molar-refractivity contribution in [2.75, 3.05) is 6.61 Å². The van der Waals surface area contributed by atoms with E-state index in [4.69, 9.17) is 14.9 Å². The van der Waals surface area contributed by atoms with E-state index in [1.165, 1.54) is 0 Å². The molecule has 1 aromatic carbocycles. The van der Waals surface area contributed by atoms with E-state index in [0.29, 0.717) is 0 Å². The minimum Gasteiger partial charge on any atom is -0.481 e. The number of carbonyl (C=O) groups excluding carboxylic acids is 2. The summed E-state index contributed by atoms with van der Waals surface area (Å²) in [6.07, 6.45) is -1.53. The summed E-state index contributed by atoms with van der Waals surface area (Å²) in [5.41, 5.74) is 0.755. The van der Waals surface area contributed by atoms with Gasteiger partial charge in [-0.15, -0.1) is 0 Å². The molecule has 0 aliphatic carbocycles. The summed E-state index contributed by atoms with van der Waals surface area (Å²) in [6, 6.07) is 7.56. The third-order valence-corrected chi connectivity index (χ3v) is 2.43. The van der Waals surface area contributed by atoms with E-state index in [2.05, 4.69) is 5.32 Å². The highest BCUT2D eigenvalue weighted by atomic mass is 16.5. The minimum atomic E-state index is -1.30. The van der Waals surface area contributed by atoms with Crippen molar-refractivity contribution in [1.29, 1.82) is 0 Å². The average Bonchev–Trinajstić information content (AvgIpc) is 2.44. The molecule has 0 aromatic heterocycles. The molecular formula is C13H15NO6. The lowest BCUT2D eigenvalue weighted by Gasteiger charge is -2.14. The number of benzene rings is 1. The highest BCUT2D eigenvalue weighted by Gasteiger charge is 2.23.